The van der Waals surface area contributed by atoms with E-state index >= 15 is 0 Å². The molecule has 2 aromatic carbocycles. The lowest BCUT2D eigenvalue weighted by Crippen LogP contribution is -2.26. The van der Waals surface area contributed by atoms with Crippen molar-refractivity contribution >= 4 is 29.8 Å². The molecular weight excluding hydrogens is 456 g/mol. The highest BCUT2D eigenvalue weighted by atomic mass is 16.2. The molecule has 0 unspecified atom stereocenters. The normalized spacial score (nSPS) is 11.9. The molecule has 1 amide bonds. The van der Waals surface area contributed by atoms with Gasteiger partial charge in [0.2, 0.25) is 0 Å². The van der Waals surface area contributed by atoms with Crippen LogP contribution < -0.4 is 11.1 Å². The van der Waals surface area contributed by atoms with Gasteiger partial charge in [-0.3, -0.25) is 20.0 Å². The number of amides is 1. The van der Waals surface area contributed by atoms with Crippen molar-refractivity contribution in [3.63, 3.8) is 0 Å². The third-order valence-electron chi connectivity index (χ3n) is 5.76. The zero-order chi connectivity index (χ0) is 26.1. The molecule has 0 radical (unpaired) electrons. The van der Waals surface area contributed by atoms with Crippen LogP contribution in [0.5, 0.6) is 0 Å². The summed E-state index contributed by atoms with van der Waals surface area (Å²) in [4.78, 5) is 46.1. The second-order valence-electron chi connectivity index (χ2n) is 8.39. The smallest absolute Gasteiger partial charge is 0.373 e. The van der Waals surface area contributed by atoms with Gasteiger partial charge in [-0.2, -0.15) is 9.59 Å². The molecule has 8 nitrogen and oxygen atoms in total. The number of hydrogen-bond acceptors (Lipinski definition) is 6. The van der Waals surface area contributed by atoms with Crippen molar-refractivity contribution in [3.8, 4) is 11.1 Å². The maximum Gasteiger partial charge on any atom is 0.373 e. The van der Waals surface area contributed by atoms with E-state index in [2.05, 4.69) is 16.9 Å². The molecule has 0 saturated heterocycles. The Morgan fingerprint density at radius 3 is 2.36 bits per heavy atom. The standard InChI is InChI=1S/C27H26N4O2.CO2/c1-2-17-7-11-22(21-10-12-24(30-16-21)27(33)31-15-19-3-4-19)23(13-17)25(32)14-18-5-8-20(9-6-18)26(28)29;2-1-3/h2,5-13,16,19H,1,3-4,14-15H2,(H3,28,29)(H,31,33);. The van der Waals surface area contributed by atoms with Crippen LogP contribution in [0.3, 0.4) is 0 Å². The zero-order valence-corrected chi connectivity index (χ0v) is 19.6. The number of pyridine rings is 1. The zero-order valence-electron chi connectivity index (χ0n) is 19.6. The lowest BCUT2D eigenvalue weighted by atomic mass is 9.93. The van der Waals surface area contributed by atoms with Gasteiger partial charge in [-0.15, -0.1) is 0 Å². The van der Waals surface area contributed by atoms with E-state index in [1.807, 2.05) is 36.4 Å². The fourth-order valence-electron chi connectivity index (χ4n) is 3.59. The van der Waals surface area contributed by atoms with Gasteiger partial charge in [-0.25, -0.2) is 0 Å². The van der Waals surface area contributed by atoms with E-state index in [0.717, 1.165) is 22.3 Å². The molecule has 182 valence electrons. The summed E-state index contributed by atoms with van der Waals surface area (Å²) in [6.07, 6.45) is 6.14. The number of Topliss-reactive ketones (excluding diaryl/α,β-unsaturated/α-hetero) is 1. The predicted octanol–water partition coefficient (Wildman–Crippen LogP) is 3.66. The molecule has 4 N–H and O–H groups in total. The van der Waals surface area contributed by atoms with Crippen LogP contribution in [0.15, 0.2) is 67.4 Å². The average molecular weight is 483 g/mol. The molecule has 3 aromatic rings. The Labute approximate surface area is 208 Å². The van der Waals surface area contributed by atoms with Crippen molar-refractivity contribution in [1.29, 1.82) is 5.41 Å². The molecule has 1 aliphatic carbocycles. The van der Waals surface area contributed by atoms with Crippen molar-refractivity contribution in [2.45, 2.75) is 19.3 Å². The van der Waals surface area contributed by atoms with Crippen LogP contribution in [-0.2, 0) is 16.0 Å². The van der Waals surface area contributed by atoms with E-state index in [1.165, 1.54) is 12.8 Å². The first-order chi connectivity index (χ1) is 17.4. The number of nitrogens with one attached hydrogen (secondary N) is 2. The van der Waals surface area contributed by atoms with E-state index < -0.39 is 0 Å². The van der Waals surface area contributed by atoms with Crippen LogP contribution in [-0.4, -0.2) is 35.2 Å². The monoisotopic (exact) mass is 482 g/mol. The highest BCUT2D eigenvalue weighted by molar-refractivity contribution is 6.04. The first-order valence-electron chi connectivity index (χ1n) is 11.3. The summed E-state index contributed by atoms with van der Waals surface area (Å²) in [6, 6.07) is 16.2. The number of carbonyl (C=O) groups excluding carboxylic acids is 4. The highest BCUT2D eigenvalue weighted by Crippen LogP contribution is 2.28. The summed E-state index contributed by atoms with van der Waals surface area (Å²) in [5.41, 5.74) is 10.3. The predicted molar refractivity (Wildman–Crippen MR) is 135 cm³/mol. The lowest BCUT2D eigenvalue weighted by molar-refractivity contribution is -0.191. The SMILES string of the molecule is C=Cc1ccc(-c2ccc(C(=O)NCC3CC3)nc2)c(C(=O)Cc2ccc(C(=N)N)cc2)c1.O=C=O. The number of benzene rings is 2. The summed E-state index contributed by atoms with van der Waals surface area (Å²) in [5.74, 6) is 0.367. The van der Waals surface area contributed by atoms with Crippen LogP contribution in [0, 0.1) is 11.3 Å². The van der Waals surface area contributed by atoms with Gasteiger partial charge >= 0.3 is 6.15 Å². The Kier molecular flexibility index (Phi) is 8.75. The van der Waals surface area contributed by atoms with Crippen molar-refractivity contribution in [3.05, 3.63) is 95.3 Å². The Morgan fingerprint density at radius 1 is 1.11 bits per heavy atom. The maximum atomic E-state index is 13.2. The lowest BCUT2D eigenvalue weighted by Gasteiger charge is -2.11. The number of nitrogen functional groups attached to an aromatic ring is 1. The van der Waals surface area contributed by atoms with Gasteiger partial charge in [-0.05, 0) is 47.6 Å². The topological polar surface area (TPSA) is 143 Å². The average Bonchev–Trinajstić information content (AvgIpc) is 3.72. The van der Waals surface area contributed by atoms with E-state index in [0.29, 0.717) is 29.3 Å². The number of hydrogen-bond donors (Lipinski definition) is 3. The second kappa shape index (κ2) is 12.1. The fourth-order valence-corrected chi connectivity index (χ4v) is 3.59. The molecule has 1 heterocycles. The van der Waals surface area contributed by atoms with Gasteiger partial charge in [0.05, 0.1) is 0 Å². The molecule has 1 fully saturated rings. The van der Waals surface area contributed by atoms with E-state index in [1.54, 1.807) is 30.5 Å². The molecule has 8 heteroatoms. The van der Waals surface area contributed by atoms with Crippen molar-refractivity contribution in [2.24, 2.45) is 11.7 Å². The molecule has 0 spiro atoms. The summed E-state index contributed by atoms with van der Waals surface area (Å²) >= 11 is 0. The molecule has 1 aliphatic rings. The number of amidine groups is 1. The van der Waals surface area contributed by atoms with Gasteiger partial charge in [0.1, 0.15) is 11.5 Å². The van der Waals surface area contributed by atoms with Crippen molar-refractivity contribution in [2.75, 3.05) is 6.54 Å². The third-order valence-corrected chi connectivity index (χ3v) is 5.76. The summed E-state index contributed by atoms with van der Waals surface area (Å²) in [7, 11) is 0. The minimum absolute atomic E-state index is 0.00832. The third kappa shape index (κ3) is 6.91. The minimum atomic E-state index is -0.180. The Balaban J connectivity index is 0.00000115. The minimum Gasteiger partial charge on any atom is -0.384 e. The quantitative estimate of drug-likeness (QED) is 0.241. The van der Waals surface area contributed by atoms with Crippen molar-refractivity contribution < 1.29 is 19.2 Å². The number of nitrogens with two attached hydrogens (primary N) is 1. The maximum absolute atomic E-state index is 13.2. The number of aromatic nitrogens is 1. The molecule has 1 aromatic heterocycles. The van der Waals surface area contributed by atoms with Gasteiger partial charge in [0.15, 0.2) is 5.78 Å². The van der Waals surface area contributed by atoms with Gasteiger partial charge in [0, 0.05) is 35.9 Å². The first-order valence-corrected chi connectivity index (χ1v) is 11.3. The summed E-state index contributed by atoms with van der Waals surface area (Å²) in [5, 5.41) is 10.4. The fraction of sp³-hybridized carbons (Fsp3) is 0.179. The highest BCUT2D eigenvalue weighted by Gasteiger charge is 2.22. The van der Waals surface area contributed by atoms with E-state index in [4.69, 9.17) is 20.7 Å². The van der Waals surface area contributed by atoms with Crippen LogP contribution in [0.2, 0.25) is 0 Å². The molecule has 0 bridgehead atoms. The number of carbonyl (C=O) groups is 2. The van der Waals surface area contributed by atoms with Gasteiger partial charge in [-0.1, -0.05) is 55.1 Å². The molecule has 1 saturated carbocycles. The molecule has 0 atom stereocenters. The van der Waals surface area contributed by atoms with Crippen molar-refractivity contribution in [1.82, 2.24) is 10.3 Å². The van der Waals surface area contributed by atoms with Gasteiger partial charge in [0.25, 0.3) is 5.91 Å². The van der Waals surface area contributed by atoms with Crippen LogP contribution in [0.4, 0.5) is 0 Å². The van der Waals surface area contributed by atoms with E-state index in [9.17, 15) is 9.59 Å². The molecular formula is C28H26N4O4. The van der Waals surface area contributed by atoms with Crippen LogP contribution >= 0.6 is 0 Å². The largest absolute Gasteiger partial charge is 0.384 e. The Bertz CT molecular complexity index is 1300. The Morgan fingerprint density at radius 2 is 1.81 bits per heavy atom. The van der Waals surface area contributed by atoms with Gasteiger partial charge < -0.3 is 11.1 Å². The molecule has 4 rings (SSSR count). The molecule has 36 heavy (non-hydrogen) atoms. The summed E-state index contributed by atoms with van der Waals surface area (Å²) < 4.78 is 0. The van der Waals surface area contributed by atoms with Crippen LogP contribution in [0.25, 0.3) is 17.2 Å². The second-order valence-corrected chi connectivity index (χ2v) is 8.39. The molecule has 0 aliphatic heterocycles. The van der Waals surface area contributed by atoms with E-state index in [-0.39, 0.29) is 30.1 Å². The number of ketones is 1. The Hall–Kier alpha value is -4.68. The number of nitrogens with zero attached hydrogens (tertiary/aromatic N) is 1. The first kappa shape index (κ1) is 25.9. The number of rotatable bonds is 9. The van der Waals surface area contributed by atoms with Crippen LogP contribution in [0.1, 0.15) is 50.4 Å². The summed E-state index contributed by atoms with van der Waals surface area (Å²) in [6.45, 7) is 4.50.